The highest BCUT2D eigenvalue weighted by molar-refractivity contribution is 6.42. The lowest BCUT2D eigenvalue weighted by Crippen LogP contribution is -2.51. The molecular formula is C24H33Cl2N3O4. The molecule has 2 atom stereocenters. The Bertz CT molecular complexity index is 881. The normalized spacial score (nSPS) is 25.0. The smallest absolute Gasteiger partial charge is 0.246 e. The predicted octanol–water partition coefficient (Wildman–Crippen LogP) is 2.52. The molecule has 7 nitrogen and oxygen atoms in total. The molecule has 2 aliphatic rings. The second kappa shape index (κ2) is 11.7. The van der Waals surface area contributed by atoms with Crippen molar-refractivity contribution in [2.24, 2.45) is 5.41 Å². The Labute approximate surface area is 205 Å². The molecule has 182 valence electrons. The van der Waals surface area contributed by atoms with Crippen molar-refractivity contribution in [1.82, 2.24) is 14.7 Å². The number of amides is 2. The van der Waals surface area contributed by atoms with Crippen LogP contribution in [-0.4, -0.2) is 95.3 Å². The van der Waals surface area contributed by atoms with E-state index in [9.17, 15) is 19.8 Å². The molecule has 0 aromatic heterocycles. The van der Waals surface area contributed by atoms with E-state index in [0.29, 0.717) is 49.2 Å². The van der Waals surface area contributed by atoms with E-state index < -0.39 is 11.5 Å². The largest absolute Gasteiger partial charge is 0.396 e. The Balaban J connectivity index is 1.45. The SMILES string of the molecule is C[C@]1(CO)CCN(CCCN2CCN(C(=O)C=Cc3ccc(Cl)c(Cl)c3)CCC2=O)C[C@@H]1O. The zero-order chi connectivity index (χ0) is 24.0. The van der Waals surface area contributed by atoms with Crippen LogP contribution >= 0.6 is 23.2 Å². The van der Waals surface area contributed by atoms with Crippen molar-refractivity contribution in [2.45, 2.75) is 32.3 Å². The van der Waals surface area contributed by atoms with Crippen LogP contribution in [0.25, 0.3) is 6.08 Å². The van der Waals surface area contributed by atoms with E-state index >= 15 is 0 Å². The fourth-order valence-electron chi connectivity index (χ4n) is 4.22. The summed E-state index contributed by atoms with van der Waals surface area (Å²) < 4.78 is 0. The number of nitrogens with zero attached hydrogens (tertiary/aromatic N) is 3. The molecule has 0 bridgehead atoms. The van der Waals surface area contributed by atoms with Crippen molar-refractivity contribution >= 4 is 41.1 Å². The van der Waals surface area contributed by atoms with E-state index in [1.54, 1.807) is 29.2 Å². The van der Waals surface area contributed by atoms with Crippen LogP contribution in [0.1, 0.15) is 31.7 Å². The second-order valence-corrected chi connectivity index (χ2v) is 10.0. The Hall–Kier alpha value is -1.64. The summed E-state index contributed by atoms with van der Waals surface area (Å²) in [6, 6.07) is 5.18. The standard InChI is InChI=1S/C24H33Cl2N3O4/c1-24(17-30)8-12-27(16-21(24)31)9-2-10-28-13-14-29(11-7-23(28)33)22(32)6-4-18-3-5-19(25)20(26)15-18/h3-6,15,21,30-31H,2,7-14,16-17H2,1H3/t21-,24+/m0/s1. The van der Waals surface area contributed by atoms with Crippen molar-refractivity contribution in [1.29, 1.82) is 0 Å². The molecule has 9 heteroatoms. The minimum absolute atomic E-state index is 0.0118. The molecule has 33 heavy (non-hydrogen) atoms. The number of benzene rings is 1. The third-order valence-corrected chi connectivity index (χ3v) is 7.50. The van der Waals surface area contributed by atoms with Gasteiger partial charge in [-0.3, -0.25) is 9.59 Å². The van der Waals surface area contributed by atoms with Crippen molar-refractivity contribution in [2.75, 3.05) is 52.4 Å². The molecule has 3 rings (SSSR count). The van der Waals surface area contributed by atoms with Crippen LogP contribution in [0.5, 0.6) is 0 Å². The summed E-state index contributed by atoms with van der Waals surface area (Å²) in [5.74, 6) is -0.0738. The van der Waals surface area contributed by atoms with Crippen LogP contribution in [0.3, 0.4) is 0 Å². The summed E-state index contributed by atoms with van der Waals surface area (Å²) in [6.07, 6.45) is 4.52. The van der Waals surface area contributed by atoms with Crippen LogP contribution in [0.2, 0.25) is 10.0 Å². The first kappa shape index (κ1) is 26.0. The molecule has 2 amide bonds. The highest BCUT2D eigenvalue weighted by atomic mass is 35.5. The molecule has 0 radical (unpaired) electrons. The molecule has 0 aliphatic carbocycles. The minimum atomic E-state index is -0.549. The first-order valence-corrected chi connectivity index (χ1v) is 12.2. The van der Waals surface area contributed by atoms with E-state index in [4.69, 9.17) is 23.2 Å². The van der Waals surface area contributed by atoms with Crippen molar-refractivity contribution in [3.8, 4) is 0 Å². The van der Waals surface area contributed by atoms with Crippen LogP contribution in [0.15, 0.2) is 24.3 Å². The maximum atomic E-state index is 12.6. The molecule has 1 aromatic carbocycles. The van der Waals surface area contributed by atoms with Crippen molar-refractivity contribution < 1.29 is 19.8 Å². The molecule has 0 spiro atoms. The molecule has 2 fully saturated rings. The summed E-state index contributed by atoms with van der Waals surface area (Å²) in [5, 5.41) is 20.7. The van der Waals surface area contributed by atoms with Crippen LogP contribution < -0.4 is 0 Å². The van der Waals surface area contributed by atoms with Gasteiger partial charge in [-0.1, -0.05) is 36.2 Å². The number of aliphatic hydroxyl groups is 2. The highest BCUT2D eigenvalue weighted by Gasteiger charge is 2.37. The van der Waals surface area contributed by atoms with Gasteiger partial charge in [0.25, 0.3) is 0 Å². The Morgan fingerprint density at radius 3 is 2.67 bits per heavy atom. The number of likely N-dealkylation sites (tertiary alicyclic amines) is 1. The van der Waals surface area contributed by atoms with Gasteiger partial charge < -0.3 is 24.9 Å². The zero-order valence-electron chi connectivity index (χ0n) is 19.1. The Morgan fingerprint density at radius 1 is 1.18 bits per heavy atom. The topological polar surface area (TPSA) is 84.3 Å². The summed E-state index contributed by atoms with van der Waals surface area (Å²) in [4.78, 5) is 30.9. The van der Waals surface area contributed by atoms with E-state index in [1.165, 1.54) is 6.08 Å². The fraction of sp³-hybridized carbons (Fsp3) is 0.583. The van der Waals surface area contributed by atoms with Gasteiger partial charge in [0.15, 0.2) is 0 Å². The van der Waals surface area contributed by atoms with E-state index in [2.05, 4.69) is 4.90 Å². The monoisotopic (exact) mass is 497 g/mol. The van der Waals surface area contributed by atoms with Crippen molar-refractivity contribution in [3.63, 3.8) is 0 Å². The second-order valence-electron chi connectivity index (χ2n) is 9.20. The average Bonchev–Trinajstić information content (AvgIpc) is 2.98. The van der Waals surface area contributed by atoms with E-state index in [1.807, 2.05) is 11.8 Å². The first-order valence-electron chi connectivity index (χ1n) is 11.4. The number of piperidine rings is 1. The van der Waals surface area contributed by atoms with Gasteiger partial charge >= 0.3 is 0 Å². The van der Waals surface area contributed by atoms with Gasteiger partial charge in [-0.15, -0.1) is 0 Å². The number of halogens is 2. The molecular weight excluding hydrogens is 465 g/mol. The fourth-order valence-corrected chi connectivity index (χ4v) is 4.53. The Kier molecular flexibility index (Phi) is 9.18. The van der Waals surface area contributed by atoms with Gasteiger partial charge in [0, 0.05) is 50.6 Å². The molecule has 0 saturated carbocycles. The Morgan fingerprint density at radius 2 is 1.97 bits per heavy atom. The van der Waals surface area contributed by atoms with Crippen LogP contribution in [0.4, 0.5) is 0 Å². The summed E-state index contributed by atoms with van der Waals surface area (Å²) in [7, 11) is 0. The van der Waals surface area contributed by atoms with Gasteiger partial charge in [-0.05, 0) is 49.7 Å². The maximum Gasteiger partial charge on any atom is 0.246 e. The lowest BCUT2D eigenvalue weighted by atomic mass is 9.79. The number of hydrogen-bond donors (Lipinski definition) is 2. The predicted molar refractivity (Wildman–Crippen MR) is 130 cm³/mol. The van der Waals surface area contributed by atoms with Gasteiger partial charge in [0.05, 0.1) is 22.8 Å². The van der Waals surface area contributed by atoms with E-state index in [-0.39, 0.29) is 18.4 Å². The number of rotatable bonds is 7. The number of carbonyl (C=O) groups excluding carboxylic acids is 2. The number of hydrogen-bond acceptors (Lipinski definition) is 5. The highest BCUT2D eigenvalue weighted by Crippen LogP contribution is 2.30. The van der Waals surface area contributed by atoms with Gasteiger partial charge in [-0.25, -0.2) is 0 Å². The number of aliphatic hydroxyl groups excluding tert-OH is 2. The third-order valence-electron chi connectivity index (χ3n) is 6.76. The molecule has 2 N–H and O–H groups in total. The van der Waals surface area contributed by atoms with Gasteiger partial charge in [0.2, 0.25) is 11.8 Å². The average molecular weight is 498 g/mol. The van der Waals surface area contributed by atoms with Crippen LogP contribution in [0, 0.1) is 5.41 Å². The minimum Gasteiger partial charge on any atom is -0.396 e. The number of β-amino-alcohol motifs (C(OH)–C–C–N with tert-alkyl or cyclic N) is 1. The number of carbonyl (C=O) groups is 2. The molecule has 2 aliphatic heterocycles. The van der Waals surface area contributed by atoms with Gasteiger partial charge in [0.1, 0.15) is 0 Å². The molecule has 2 saturated heterocycles. The summed E-state index contributed by atoms with van der Waals surface area (Å²) in [6.45, 7) is 6.09. The molecule has 0 unspecified atom stereocenters. The summed E-state index contributed by atoms with van der Waals surface area (Å²) >= 11 is 11.9. The first-order chi connectivity index (χ1) is 15.7. The van der Waals surface area contributed by atoms with E-state index in [0.717, 1.165) is 31.5 Å². The summed E-state index contributed by atoms with van der Waals surface area (Å²) in [5.41, 5.74) is 0.356. The zero-order valence-corrected chi connectivity index (χ0v) is 20.6. The van der Waals surface area contributed by atoms with Crippen LogP contribution in [-0.2, 0) is 9.59 Å². The lowest BCUT2D eigenvalue weighted by molar-refractivity contribution is -0.130. The lowest BCUT2D eigenvalue weighted by Gasteiger charge is -2.42. The maximum absolute atomic E-state index is 12.6. The molecule has 2 heterocycles. The quantitative estimate of drug-likeness (QED) is 0.565. The van der Waals surface area contributed by atoms with Crippen molar-refractivity contribution in [3.05, 3.63) is 39.9 Å². The third kappa shape index (κ3) is 6.93. The molecule has 1 aromatic rings. The van der Waals surface area contributed by atoms with Gasteiger partial charge in [-0.2, -0.15) is 0 Å².